The summed E-state index contributed by atoms with van der Waals surface area (Å²) in [7, 11) is 1.32. The molecule has 0 spiro atoms. The monoisotopic (exact) mass is 192 g/mol. The van der Waals surface area contributed by atoms with Crippen LogP contribution in [0.3, 0.4) is 0 Å². The third-order valence-electron chi connectivity index (χ3n) is 1.85. The maximum absolute atomic E-state index is 10.8. The lowest BCUT2D eigenvalue weighted by molar-refractivity contribution is -0.134. The molecule has 1 N–H and O–H groups in total. The number of phenolic OH excluding ortho intramolecular Hbond substituents is 1. The Morgan fingerprint density at radius 2 is 2.21 bits per heavy atom. The van der Waals surface area contributed by atoms with Crippen molar-refractivity contribution in [3.05, 3.63) is 35.4 Å². The Balaban J connectivity index is 2.83. The molecule has 0 saturated heterocycles. The van der Waals surface area contributed by atoms with E-state index in [4.69, 9.17) is 0 Å². The predicted octanol–water partition coefficient (Wildman–Crippen LogP) is 1.89. The van der Waals surface area contributed by atoms with E-state index in [1.165, 1.54) is 13.2 Å². The first-order valence-corrected chi connectivity index (χ1v) is 4.19. The largest absolute Gasteiger partial charge is 0.508 e. The summed E-state index contributed by atoms with van der Waals surface area (Å²) in [5.74, 6) is -0.193. The molecule has 1 rings (SSSR count). The lowest BCUT2D eigenvalue weighted by atomic mass is 10.1. The summed E-state index contributed by atoms with van der Waals surface area (Å²) in [6.45, 7) is 1.81. The standard InChI is InChI=1S/C11H12O3/c1-8-3-4-9(7-10(8)12)5-6-11(13)14-2/h3-7,12H,1-2H3. The number of methoxy groups -OCH3 is 1. The maximum atomic E-state index is 10.8. The fourth-order valence-corrected chi connectivity index (χ4v) is 0.962. The van der Waals surface area contributed by atoms with Gasteiger partial charge in [0.2, 0.25) is 0 Å². The second-order valence-corrected chi connectivity index (χ2v) is 2.90. The second kappa shape index (κ2) is 4.46. The molecule has 1 aromatic rings. The topological polar surface area (TPSA) is 46.5 Å². The molecular weight excluding hydrogens is 180 g/mol. The predicted molar refractivity (Wildman–Crippen MR) is 53.9 cm³/mol. The van der Waals surface area contributed by atoms with Gasteiger partial charge >= 0.3 is 5.97 Å². The van der Waals surface area contributed by atoms with E-state index in [2.05, 4.69) is 4.74 Å². The quantitative estimate of drug-likeness (QED) is 0.575. The van der Waals surface area contributed by atoms with Crippen molar-refractivity contribution >= 4 is 12.0 Å². The average Bonchev–Trinajstić information content (AvgIpc) is 2.19. The molecule has 0 bridgehead atoms. The number of rotatable bonds is 2. The summed E-state index contributed by atoms with van der Waals surface area (Å²) in [6.07, 6.45) is 2.90. The van der Waals surface area contributed by atoms with Crippen molar-refractivity contribution in [2.24, 2.45) is 0 Å². The highest BCUT2D eigenvalue weighted by Crippen LogP contribution is 2.18. The van der Waals surface area contributed by atoms with Gasteiger partial charge in [0.25, 0.3) is 0 Å². The summed E-state index contributed by atoms with van der Waals surface area (Å²) in [6, 6.07) is 5.19. The van der Waals surface area contributed by atoms with E-state index in [9.17, 15) is 9.90 Å². The van der Waals surface area contributed by atoms with Crippen LogP contribution in [0.4, 0.5) is 0 Å². The van der Waals surface area contributed by atoms with Gasteiger partial charge in [-0.15, -0.1) is 0 Å². The van der Waals surface area contributed by atoms with Gasteiger partial charge in [-0.2, -0.15) is 0 Å². The van der Waals surface area contributed by atoms with Crippen LogP contribution in [0.25, 0.3) is 6.08 Å². The van der Waals surface area contributed by atoms with Gasteiger partial charge in [0, 0.05) is 6.08 Å². The SMILES string of the molecule is COC(=O)C=Cc1ccc(C)c(O)c1. The molecule has 0 radical (unpaired) electrons. The zero-order valence-electron chi connectivity index (χ0n) is 8.15. The number of carbonyl (C=O) groups is 1. The van der Waals surface area contributed by atoms with Crippen LogP contribution in [0.5, 0.6) is 5.75 Å². The minimum atomic E-state index is -0.412. The van der Waals surface area contributed by atoms with E-state index in [-0.39, 0.29) is 5.75 Å². The van der Waals surface area contributed by atoms with Crippen molar-refractivity contribution < 1.29 is 14.6 Å². The molecule has 14 heavy (non-hydrogen) atoms. The van der Waals surface area contributed by atoms with Crippen LogP contribution in [0.15, 0.2) is 24.3 Å². The van der Waals surface area contributed by atoms with Crippen LogP contribution in [0, 0.1) is 6.92 Å². The second-order valence-electron chi connectivity index (χ2n) is 2.90. The number of benzene rings is 1. The van der Waals surface area contributed by atoms with Gasteiger partial charge in [0.05, 0.1) is 7.11 Å². The van der Waals surface area contributed by atoms with E-state index in [1.54, 1.807) is 18.2 Å². The van der Waals surface area contributed by atoms with Gasteiger partial charge in [-0.3, -0.25) is 0 Å². The fraction of sp³-hybridized carbons (Fsp3) is 0.182. The minimum absolute atomic E-state index is 0.219. The Bertz CT molecular complexity index is 367. The molecule has 3 heteroatoms. The summed E-state index contributed by atoms with van der Waals surface area (Å²) < 4.78 is 4.44. The van der Waals surface area contributed by atoms with Crippen LogP contribution in [-0.2, 0) is 9.53 Å². The summed E-state index contributed by atoms with van der Waals surface area (Å²) >= 11 is 0. The van der Waals surface area contributed by atoms with E-state index in [0.29, 0.717) is 0 Å². The zero-order chi connectivity index (χ0) is 10.6. The summed E-state index contributed by atoms with van der Waals surface area (Å²) in [5.41, 5.74) is 1.57. The number of esters is 1. The first-order valence-electron chi connectivity index (χ1n) is 4.19. The van der Waals surface area contributed by atoms with Crippen molar-refractivity contribution in [1.82, 2.24) is 0 Å². The van der Waals surface area contributed by atoms with Gasteiger partial charge in [0.1, 0.15) is 5.75 Å². The molecule has 0 unspecified atom stereocenters. The third kappa shape index (κ3) is 2.62. The Hall–Kier alpha value is -1.77. The molecule has 0 aliphatic rings. The molecule has 74 valence electrons. The van der Waals surface area contributed by atoms with Gasteiger partial charge in [-0.05, 0) is 30.2 Å². The lowest BCUT2D eigenvalue weighted by Crippen LogP contribution is -1.93. The molecular formula is C11H12O3. The number of ether oxygens (including phenoxy) is 1. The van der Waals surface area contributed by atoms with Crippen molar-refractivity contribution in [1.29, 1.82) is 0 Å². The zero-order valence-corrected chi connectivity index (χ0v) is 8.15. The van der Waals surface area contributed by atoms with Gasteiger partial charge < -0.3 is 9.84 Å². The number of aryl methyl sites for hydroxylation is 1. The van der Waals surface area contributed by atoms with E-state index < -0.39 is 5.97 Å². The Morgan fingerprint density at radius 3 is 2.79 bits per heavy atom. The first kappa shape index (κ1) is 10.3. The van der Waals surface area contributed by atoms with Gasteiger partial charge in [-0.1, -0.05) is 12.1 Å². The van der Waals surface area contributed by atoms with Crippen LogP contribution >= 0.6 is 0 Å². The smallest absolute Gasteiger partial charge is 0.330 e. The number of hydrogen-bond donors (Lipinski definition) is 1. The molecule has 1 aromatic carbocycles. The Morgan fingerprint density at radius 1 is 1.50 bits per heavy atom. The van der Waals surface area contributed by atoms with E-state index >= 15 is 0 Å². The minimum Gasteiger partial charge on any atom is -0.508 e. The molecule has 0 amide bonds. The van der Waals surface area contributed by atoms with Crippen LogP contribution in [0.1, 0.15) is 11.1 Å². The van der Waals surface area contributed by atoms with Crippen molar-refractivity contribution in [2.75, 3.05) is 7.11 Å². The Labute approximate surface area is 82.6 Å². The summed E-state index contributed by atoms with van der Waals surface area (Å²) in [4.78, 5) is 10.8. The molecule has 3 nitrogen and oxygen atoms in total. The fourth-order valence-electron chi connectivity index (χ4n) is 0.962. The number of carbonyl (C=O) groups excluding carboxylic acids is 1. The third-order valence-corrected chi connectivity index (χ3v) is 1.85. The Kier molecular flexibility index (Phi) is 3.29. The lowest BCUT2D eigenvalue weighted by Gasteiger charge is -1.99. The molecule has 0 aliphatic carbocycles. The van der Waals surface area contributed by atoms with Crippen molar-refractivity contribution in [3.8, 4) is 5.75 Å². The molecule has 0 heterocycles. The van der Waals surface area contributed by atoms with Crippen LogP contribution < -0.4 is 0 Å². The van der Waals surface area contributed by atoms with Gasteiger partial charge in [0.15, 0.2) is 0 Å². The molecule has 0 fully saturated rings. The van der Waals surface area contributed by atoms with E-state index in [0.717, 1.165) is 11.1 Å². The highest BCUT2D eigenvalue weighted by Gasteiger charge is 1.96. The number of phenols is 1. The van der Waals surface area contributed by atoms with Crippen molar-refractivity contribution in [3.63, 3.8) is 0 Å². The van der Waals surface area contributed by atoms with Gasteiger partial charge in [-0.25, -0.2) is 4.79 Å². The summed E-state index contributed by atoms with van der Waals surface area (Å²) in [5, 5.41) is 9.37. The highest BCUT2D eigenvalue weighted by atomic mass is 16.5. The number of hydrogen-bond acceptors (Lipinski definition) is 3. The molecule has 0 saturated carbocycles. The van der Waals surface area contributed by atoms with Crippen LogP contribution in [0.2, 0.25) is 0 Å². The number of aromatic hydroxyl groups is 1. The van der Waals surface area contributed by atoms with E-state index in [1.807, 2.05) is 13.0 Å². The normalized spacial score (nSPS) is 10.4. The maximum Gasteiger partial charge on any atom is 0.330 e. The average molecular weight is 192 g/mol. The first-order chi connectivity index (χ1) is 6.63. The van der Waals surface area contributed by atoms with Crippen molar-refractivity contribution in [2.45, 2.75) is 6.92 Å². The molecule has 0 atom stereocenters. The van der Waals surface area contributed by atoms with Crippen LogP contribution in [-0.4, -0.2) is 18.2 Å². The molecule has 0 aliphatic heterocycles. The highest BCUT2D eigenvalue weighted by molar-refractivity contribution is 5.86. The molecule has 0 aromatic heterocycles.